The number of carbonyl (C=O) groups excluding carboxylic acids is 2. The van der Waals surface area contributed by atoms with E-state index in [-0.39, 0.29) is 6.10 Å². The summed E-state index contributed by atoms with van der Waals surface area (Å²) in [5, 5.41) is 14.1. The van der Waals surface area contributed by atoms with E-state index in [9.17, 15) is 9.59 Å². The number of carbonyl (C=O) groups is 2. The van der Waals surface area contributed by atoms with Gasteiger partial charge in [-0.3, -0.25) is 4.79 Å². The van der Waals surface area contributed by atoms with Gasteiger partial charge in [0.1, 0.15) is 12.1 Å². The predicted molar refractivity (Wildman–Crippen MR) is 55.6 cm³/mol. The van der Waals surface area contributed by atoms with Crippen LogP contribution in [0.5, 0.6) is 0 Å². The molecule has 1 saturated heterocycles. The lowest BCUT2D eigenvalue weighted by molar-refractivity contribution is -0.120. The molecule has 0 bridgehead atoms. The second-order valence-corrected chi connectivity index (χ2v) is 3.64. The van der Waals surface area contributed by atoms with E-state index in [1.807, 2.05) is 0 Å². The number of hydrogen-bond acceptors (Lipinski definition) is 5. The Morgan fingerprint density at radius 1 is 1.50 bits per heavy atom. The first-order chi connectivity index (χ1) is 7.63. The fourth-order valence-electron chi connectivity index (χ4n) is 1.45. The van der Waals surface area contributed by atoms with Crippen LogP contribution in [0, 0.1) is 0 Å². The van der Waals surface area contributed by atoms with E-state index >= 15 is 0 Å². The second kappa shape index (κ2) is 6.29. The molecule has 0 aromatic heterocycles. The van der Waals surface area contributed by atoms with Gasteiger partial charge in [-0.25, -0.2) is 4.79 Å². The van der Waals surface area contributed by atoms with Crippen molar-refractivity contribution in [2.24, 2.45) is 5.73 Å². The number of aliphatic hydroxyl groups excluding tert-OH is 1. The minimum Gasteiger partial charge on any atom is -0.446 e. The number of piperidine rings is 1. The van der Waals surface area contributed by atoms with Gasteiger partial charge in [-0.2, -0.15) is 0 Å². The minimum atomic E-state index is -1.09. The highest BCUT2D eigenvalue weighted by molar-refractivity contribution is 5.84. The summed E-state index contributed by atoms with van der Waals surface area (Å²) in [6.07, 6.45) is 0.625. The van der Waals surface area contributed by atoms with Gasteiger partial charge in [0.25, 0.3) is 0 Å². The zero-order valence-corrected chi connectivity index (χ0v) is 8.94. The van der Waals surface area contributed by atoms with Gasteiger partial charge in [0.2, 0.25) is 5.91 Å². The van der Waals surface area contributed by atoms with Crippen LogP contribution in [0.15, 0.2) is 0 Å². The quantitative estimate of drug-likeness (QED) is 0.461. The number of aliphatic hydroxyl groups is 1. The molecule has 1 heterocycles. The Hall–Kier alpha value is -1.34. The first-order valence-electron chi connectivity index (χ1n) is 5.21. The normalized spacial score (nSPS) is 18.8. The molecule has 0 aliphatic carbocycles. The Morgan fingerprint density at radius 3 is 2.62 bits per heavy atom. The number of amides is 2. The molecule has 1 fully saturated rings. The number of hydrogen-bond donors (Lipinski definition) is 4. The summed E-state index contributed by atoms with van der Waals surface area (Å²) in [6.45, 7) is 1.07. The van der Waals surface area contributed by atoms with Crippen molar-refractivity contribution < 1.29 is 19.4 Å². The van der Waals surface area contributed by atoms with Crippen molar-refractivity contribution in [2.75, 3.05) is 19.7 Å². The third kappa shape index (κ3) is 4.03. The smallest absolute Gasteiger partial charge is 0.408 e. The molecular formula is C9H17N3O4. The molecule has 0 aromatic rings. The first kappa shape index (κ1) is 12.7. The van der Waals surface area contributed by atoms with E-state index in [4.69, 9.17) is 15.6 Å². The summed E-state index contributed by atoms with van der Waals surface area (Å²) in [5.41, 5.74) is 4.95. The lowest BCUT2D eigenvalue weighted by Gasteiger charge is -2.23. The van der Waals surface area contributed by atoms with Crippen molar-refractivity contribution in [3.8, 4) is 0 Å². The fraction of sp³-hybridized carbons (Fsp3) is 0.778. The highest BCUT2D eigenvalue weighted by atomic mass is 16.6. The van der Waals surface area contributed by atoms with E-state index < -0.39 is 24.6 Å². The highest BCUT2D eigenvalue weighted by Gasteiger charge is 2.21. The maximum Gasteiger partial charge on any atom is 0.408 e. The monoisotopic (exact) mass is 231 g/mol. The summed E-state index contributed by atoms with van der Waals surface area (Å²) < 4.78 is 5.06. The van der Waals surface area contributed by atoms with Crippen molar-refractivity contribution in [3.63, 3.8) is 0 Å². The highest BCUT2D eigenvalue weighted by Crippen LogP contribution is 2.07. The zero-order chi connectivity index (χ0) is 12.0. The number of rotatable bonds is 4. The number of nitrogens with one attached hydrogen (secondary N) is 2. The van der Waals surface area contributed by atoms with Gasteiger partial charge in [0.05, 0.1) is 6.61 Å². The van der Waals surface area contributed by atoms with Crippen molar-refractivity contribution in [1.29, 1.82) is 0 Å². The largest absolute Gasteiger partial charge is 0.446 e. The van der Waals surface area contributed by atoms with Crippen molar-refractivity contribution in [2.45, 2.75) is 25.0 Å². The van der Waals surface area contributed by atoms with Crippen LogP contribution in [0.3, 0.4) is 0 Å². The van der Waals surface area contributed by atoms with Gasteiger partial charge in [-0.1, -0.05) is 0 Å². The van der Waals surface area contributed by atoms with Crippen LogP contribution in [0.2, 0.25) is 0 Å². The molecule has 92 valence electrons. The molecule has 7 heteroatoms. The number of ether oxygens (including phenoxy) is 1. The predicted octanol–water partition coefficient (Wildman–Crippen LogP) is -1.69. The molecule has 1 aliphatic rings. The van der Waals surface area contributed by atoms with Crippen LogP contribution < -0.4 is 16.4 Å². The average Bonchev–Trinajstić information content (AvgIpc) is 2.27. The first-order valence-corrected chi connectivity index (χ1v) is 5.21. The molecule has 0 aromatic carbocycles. The summed E-state index contributed by atoms with van der Waals surface area (Å²) >= 11 is 0. The minimum absolute atomic E-state index is 0.145. The van der Waals surface area contributed by atoms with Crippen LogP contribution in [0.1, 0.15) is 12.8 Å². The molecule has 2 amide bonds. The maximum atomic E-state index is 11.3. The Balaban J connectivity index is 2.31. The third-order valence-corrected chi connectivity index (χ3v) is 2.38. The fourth-order valence-corrected chi connectivity index (χ4v) is 1.45. The van der Waals surface area contributed by atoms with E-state index in [0.29, 0.717) is 0 Å². The molecule has 0 radical (unpaired) electrons. The van der Waals surface area contributed by atoms with Crippen LogP contribution >= 0.6 is 0 Å². The summed E-state index contributed by atoms with van der Waals surface area (Å²) in [6, 6.07) is -1.09. The average molecular weight is 231 g/mol. The van der Waals surface area contributed by atoms with Crippen molar-refractivity contribution in [3.05, 3.63) is 0 Å². The summed E-state index contributed by atoms with van der Waals surface area (Å²) in [7, 11) is 0. The second-order valence-electron chi connectivity index (χ2n) is 3.64. The van der Waals surface area contributed by atoms with Gasteiger partial charge in [0, 0.05) is 0 Å². The lowest BCUT2D eigenvalue weighted by atomic mass is 10.1. The van der Waals surface area contributed by atoms with Crippen LogP contribution in [0.25, 0.3) is 0 Å². The molecule has 7 nitrogen and oxygen atoms in total. The van der Waals surface area contributed by atoms with Crippen molar-refractivity contribution >= 4 is 12.0 Å². The molecule has 1 aliphatic heterocycles. The summed E-state index contributed by atoms with van der Waals surface area (Å²) in [4.78, 5) is 22.1. The molecule has 1 atom stereocenters. The van der Waals surface area contributed by atoms with Gasteiger partial charge in [0.15, 0.2) is 0 Å². The van der Waals surface area contributed by atoms with Gasteiger partial charge >= 0.3 is 6.09 Å². The SMILES string of the molecule is NC(=O)C(CO)NC(=O)OC1CCNCC1. The molecule has 0 spiro atoms. The number of primary amides is 1. The standard InChI is InChI=1S/C9H17N3O4/c10-8(14)7(5-13)12-9(15)16-6-1-3-11-4-2-6/h6-7,11,13H,1-5H2,(H2,10,14)(H,12,15). The van der Waals surface area contributed by atoms with Crippen molar-refractivity contribution in [1.82, 2.24) is 10.6 Å². The molecule has 1 rings (SSSR count). The van der Waals surface area contributed by atoms with Gasteiger partial charge in [-0.15, -0.1) is 0 Å². The van der Waals surface area contributed by atoms with Crippen LogP contribution in [-0.4, -0.2) is 48.9 Å². The Bertz CT molecular complexity index is 253. The summed E-state index contributed by atoms with van der Waals surface area (Å²) in [5.74, 6) is -0.787. The van der Waals surface area contributed by atoms with Gasteiger partial charge in [-0.05, 0) is 25.9 Å². The Morgan fingerprint density at radius 2 is 2.12 bits per heavy atom. The molecule has 1 unspecified atom stereocenters. The Kier molecular flexibility index (Phi) is 5.00. The van der Waals surface area contributed by atoms with E-state index in [1.54, 1.807) is 0 Å². The van der Waals surface area contributed by atoms with Crippen LogP contribution in [-0.2, 0) is 9.53 Å². The van der Waals surface area contributed by atoms with Gasteiger partial charge < -0.3 is 26.2 Å². The molecule has 5 N–H and O–H groups in total. The lowest BCUT2D eigenvalue weighted by Crippen LogP contribution is -2.48. The maximum absolute atomic E-state index is 11.3. The van der Waals surface area contributed by atoms with E-state index in [1.165, 1.54) is 0 Å². The van der Waals surface area contributed by atoms with E-state index in [0.717, 1.165) is 25.9 Å². The number of nitrogens with two attached hydrogens (primary N) is 1. The molecular weight excluding hydrogens is 214 g/mol. The third-order valence-electron chi connectivity index (χ3n) is 2.38. The molecule has 0 saturated carbocycles. The topological polar surface area (TPSA) is 114 Å². The Labute approximate surface area is 93.3 Å². The van der Waals surface area contributed by atoms with Crippen LogP contribution in [0.4, 0.5) is 4.79 Å². The number of alkyl carbamates (subject to hydrolysis) is 1. The molecule has 16 heavy (non-hydrogen) atoms. The van der Waals surface area contributed by atoms with E-state index in [2.05, 4.69) is 10.6 Å². The zero-order valence-electron chi connectivity index (χ0n) is 8.94.